The number of hydrogen-bond acceptors (Lipinski definition) is 5. The highest BCUT2D eigenvalue weighted by Crippen LogP contribution is 2.08. The molecule has 1 N–H and O–H groups in total. The number of carbonyl (C=O) groups is 3. The second-order valence-corrected chi connectivity index (χ2v) is 5.19. The predicted octanol–water partition coefficient (Wildman–Crippen LogP) is -1.49. The summed E-state index contributed by atoms with van der Waals surface area (Å²) in [6, 6.07) is 0. The van der Waals surface area contributed by atoms with Crippen LogP contribution in [0.2, 0.25) is 0 Å². The van der Waals surface area contributed by atoms with Gasteiger partial charge in [-0.05, 0) is 6.42 Å². The van der Waals surface area contributed by atoms with E-state index in [9.17, 15) is 14.4 Å². The molecule has 0 aliphatic carbocycles. The zero-order valence-electron chi connectivity index (χ0n) is 12.8. The molecule has 0 unspecified atom stereocenters. The Bertz CT molecular complexity index is 570. The number of nitrogens with one attached hydrogen (secondary N) is 1. The van der Waals surface area contributed by atoms with E-state index in [0.29, 0.717) is 25.3 Å². The molecule has 1 saturated heterocycles. The summed E-state index contributed by atoms with van der Waals surface area (Å²) >= 11 is 0. The number of amides is 3. The van der Waals surface area contributed by atoms with Crippen LogP contribution in [0.25, 0.3) is 0 Å². The maximum Gasteiger partial charge on any atom is 0.311 e. The fraction of sp³-hybridized carbons (Fsp3) is 0.615. The maximum atomic E-state index is 11.9. The highest BCUT2D eigenvalue weighted by Gasteiger charge is 2.23. The minimum absolute atomic E-state index is 0.104. The summed E-state index contributed by atoms with van der Waals surface area (Å²) in [6.07, 6.45) is 2.80. The monoisotopic (exact) mass is 308 g/mol. The first-order valence-corrected chi connectivity index (χ1v) is 7.13. The lowest BCUT2D eigenvalue weighted by molar-refractivity contribution is -0.145. The molecule has 1 aliphatic rings. The van der Waals surface area contributed by atoms with Crippen molar-refractivity contribution >= 4 is 17.7 Å². The van der Waals surface area contributed by atoms with E-state index in [1.807, 2.05) is 0 Å². The van der Waals surface area contributed by atoms with Crippen molar-refractivity contribution in [2.45, 2.75) is 19.4 Å². The third kappa shape index (κ3) is 3.80. The van der Waals surface area contributed by atoms with Crippen molar-refractivity contribution in [3.63, 3.8) is 0 Å². The van der Waals surface area contributed by atoms with Crippen LogP contribution in [0.4, 0.5) is 0 Å². The molecule has 2 rings (SSSR count). The summed E-state index contributed by atoms with van der Waals surface area (Å²) in [4.78, 5) is 42.2. The molecule has 1 aromatic heterocycles. The number of likely N-dealkylation sites (tertiary alicyclic amines) is 1. The van der Waals surface area contributed by atoms with Crippen molar-refractivity contribution in [2.24, 2.45) is 7.05 Å². The Hall–Kier alpha value is -2.45. The Morgan fingerprint density at radius 1 is 1.45 bits per heavy atom. The fourth-order valence-electron chi connectivity index (χ4n) is 2.20. The Kier molecular flexibility index (Phi) is 5.08. The average molecular weight is 308 g/mol. The molecule has 0 atom stereocenters. The van der Waals surface area contributed by atoms with Crippen LogP contribution in [-0.2, 0) is 28.0 Å². The number of hydrogen-bond donors (Lipinski definition) is 1. The first-order chi connectivity index (χ1) is 10.5. The maximum absolute atomic E-state index is 11.9. The van der Waals surface area contributed by atoms with Crippen molar-refractivity contribution in [2.75, 3.05) is 26.7 Å². The van der Waals surface area contributed by atoms with Gasteiger partial charge in [-0.2, -0.15) is 5.10 Å². The van der Waals surface area contributed by atoms with Gasteiger partial charge in [-0.25, -0.2) is 4.98 Å². The van der Waals surface area contributed by atoms with Gasteiger partial charge in [0.2, 0.25) is 5.91 Å². The van der Waals surface area contributed by atoms with Crippen LogP contribution in [0.15, 0.2) is 6.33 Å². The molecule has 0 radical (unpaired) electrons. The fourth-order valence-corrected chi connectivity index (χ4v) is 2.20. The molecule has 9 nitrogen and oxygen atoms in total. The predicted molar refractivity (Wildman–Crippen MR) is 76.3 cm³/mol. The molecule has 3 amide bonds. The molecule has 0 spiro atoms. The molecule has 0 bridgehead atoms. The second-order valence-electron chi connectivity index (χ2n) is 5.19. The van der Waals surface area contributed by atoms with Gasteiger partial charge in [0.15, 0.2) is 0 Å². The lowest BCUT2D eigenvalue weighted by atomic mass is 10.4. The lowest BCUT2D eigenvalue weighted by Gasteiger charge is -2.21. The van der Waals surface area contributed by atoms with E-state index in [-0.39, 0.29) is 12.5 Å². The summed E-state index contributed by atoms with van der Waals surface area (Å²) < 4.78 is 1.52. The first kappa shape index (κ1) is 15.9. The van der Waals surface area contributed by atoms with E-state index < -0.39 is 11.8 Å². The van der Waals surface area contributed by atoms with Gasteiger partial charge in [0, 0.05) is 40.2 Å². The molecule has 0 aromatic carbocycles. The summed E-state index contributed by atoms with van der Waals surface area (Å²) in [7, 11) is 3.25. The summed E-state index contributed by atoms with van der Waals surface area (Å²) in [5, 5.41) is 6.39. The van der Waals surface area contributed by atoms with Crippen LogP contribution < -0.4 is 5.32 Å². The molecular weight excluding hydrogens is 288 g/mol. The van der Waals surface area contributed by atoms with Gasteiger partial charge in [-0.3, -0.25) is 19.1 Å². The molecule has 9 heteroatoms. The highest BCUT2D eigenvalue weighted by molar-refractivity contribution is 6.34. The number of aryl methyl sites for hydroxylation is 1. The van der Waals surface area contributed by atoms with Crippen molar-refractivity contribution < 1.29 is 14.4 Å². The Labute approximate surface area is 128 Å². The Balaban J connectivity index is 1.75. The van der Waals surface area contributed by atoms with Crippen LogP contribution >= 0.6 is 0 Å². The Morgan fingerprint density at radius 3 is 2.82 bits per heavy atom. The van der Waals surface area contributed by atoms with Crippen LogP contribution in [0, 0.1) is 0 Å². The van der Waals surface area contributed by atoms with Gasteiger partial charge >= 0.3 is 11.8 Å². The van der Waals surface area contributed by atoms with Crippen LogP contribution in [-0.4, -0.2) is 69.0 Å². The molecule has 120 valence electrons. The van der Waals surface area contributed by atoms with Gasteiger partial charge in [-0.15, -0.1) is 0 Å². The standard InChI is InChI=1S/C13H20N6O3/c1-17(6-7-19-5-3-4-11(19)20)13(22)12(21)14-8-10-15-9-16-18(10)2/h9H,3-8H2,1-2H3,(H,14,21). The van der Waals surface area contributed by atoms with Gasteiger partial charge in [0.05, 0.1) is 6.54 Å². The van der Waals surface area contributed by atoms with Crippen LogP contribution in [0.1, 0.15) is 18.7 Å². The van der Waals surface area contributed by atoms with Crippen molar-refractivity contribution in [3.05, 3.63) is 12.2 Å². The Morgan fingerprint density at radius 2 is 2.23 bits per heavy atom. The lowest BCUT2D eigenvalue weighted by Crippen LogP contribution is -2.44. The number of nitrogens with zero attached hydrogens (tertiary/aromatic N) is 5. The second kappa shape index (κ2) is 7.01. The normalized spacial score (nSPS) is 14.3. The average Bonchev–Trinajstić information content (AvgIpc) is 3.10. The third-order valence-corrected chi connectivity index (χ3v) is 3.63. The van der Waals surface area contributed by atoms with Gasteiger partial charge in [0.25, 0.3) is 0 Å². The van der Waals surface area contributed by atoms with Crippen molar-refractivity contribution in [1.82, 2.24) is 29.9 Å². The molecule has 1 fully saturated rings. The van der Waals surface area contributed by atoms with Gasteiger partial charge in [0.1, 0.15) is 12.2 Å². The topological polar surface area (TPSA) is 100 Å². The zero-order valence-corrected chi connectivity index (χ0v) is 12.8. The van der Waals surface area contributed by atoms with Crippen molar-refractivity contribution in [1.29, 1.82) is 0 Å². The summed E-state index contributed by atoms with van der Waals surface area (Å²) in [5.74, 6) is -0.661. The highest BCUT2D eigenvalue weighted by atomic mass is 16.2. The first-order valence-electron chi connectivity index (χ1n) is 7.13. The minimum Gasteiger partial charge on any atom is -0.341 e. The van der Waals surface area contributed by atoms with Gasteiger partial charge in [-0.1, -0.05) is 0 Å². The van der Waals surface area contributed by atoms with Crippen LogP contribution in [0.5, 0.6) is 0 Å². The quantitative estimate of drug-likeness (QED) is 0.668. The molecule has 0 saturated carbocycles. The van der Waals surface area contributed by atoms with E-state index in [1.165, 1.54) is 15.9 Å². The van der Waals surface area contributed by atoms with Crippen LogP contribution in [0.3, 0.4) is 0 Å². The number of likely N-dealkylation sites (N-methyl/N-ethyl adjacent to an activating group) is 1. The molecule has 2 heterocycles. The molecule has 1 aromatic rings. The summed E-state index contributed by atoms with van der Waals surface area (Å²) in [6.45, 7) is 1.65. The number of rotatable bonds is 5. The van der Waals surface area contributed by atoms with E-state index in [2.05, 4.69) is 15.4 Å². The molecule has 1 aliphatic heterocycles. The van der Waals surface area contributed by atoms with E-state index >= 15 is 0 Å². The summed E-state index contributed by atoms with van der Waals surface area (Å²) in [5.41, 5.74) is 0. The molecular formula is C13H20N6O3. The van der Waals surface area contributed by atoms with Crippen molar-refractivity contribution in [3.8, 4) is 0 Å². The largest absolute Gasteiger partial charge is 0.341 e. The number of carbonyl (C=O) groups excluding carboxylic acids is 3. The van der Waals surface area contributed by atoms with E-state index in [1.54, 1.807) is 19.0 Å². The smallest absolute Gasteiger partial charge is 0.311 e. The third-order valence-electron chi connectivity index (χ3n) is 3.63. The zero-order chi connectivity index (χ0) is 16.1. The van der Waals surface area contributed by atoms with Gasteiger partial charge < -0.3 is 15.1 Å². The van der Waals surface area contributed by atoms with E-state index in [4.69, 9.17) is 0 Å². The minimum atomic E-state index is -0.696. The van der Waals surface area contributed by atoms with E-state index in [0.717, 1.165) is 13.0 Å². The SMILES string of the molecule is CN(CCN1CCCC1=O)C(=O)C(=O)NCc1ncnn1C. The molecule has 22 heavy (non-hydrogen) atoms. The number of aromatic nitrogens is 3.